The van der Waals surface area contributed by atoms with Crippen molar-refractivity contribution in [3.05, 3.63) is 0 Å². The summed E-state index contributed by atoms with van der Waals surface area (Å²) in [5.74, 6) is -0.307. The maximum atomic E-state index is 11.3. The molecule has 6 heterocycles. The van der Waals surface area contributed by atoms with Crippen LogP contribution in [0.2, 0.25) is 0 Å². The summed E-state index contributed by atoms with van der Waals surface area (Å²) in [6.45, 7) is 1.02. The maximum Gasteiger partial charge on any atom is 0.216 e. The van der Waals surface area contributed by atoms with Crippen LogP contribution in [0.3, 0.4) is 0 Å². The first-order chi connectivity index (χ1) is 13.3. The Morgan fingerprint density at radius 3 is 2.36 bits per heavy atom. The normalized spacial score (nSPS) is 47.1. The fourth-order valence-corrected chi connectivity index (χ4v) is 3.86. The maximum absolute atomic E-state index is 11.3. The minimum Gasteiger partial charge on any atom is -0.394 e. The van der Waals surface area contributed by atoms with Gasteiger partial charge in [-0.2, -0.15) is 0 Å². The van der Waals surface area contributed by atoms with Crippen molar-refractivity contribution in [2.45, 2.75) is 81.0 Å². The number of rotatable bonds is 3. The molecule has 28 heavy (non-hydrogen) atoms. The number of hydrogen-bond donors (Lipinski definition) is 6. The Morgan fingerprint density at radius 2 is 1.68 bits per heavy atom. The van der Waals surface area contributed by atoms with E-state index in [2.05, 4.69) is 5.32 Å². The molecule has 0 aromatic rings. The largest absolute Gasteiger partial charge is 0.394 e. The molecular formula is C17H29NO10. The molecule has 6 fully saturated rings. The smallest absolute Gasteiger partial charge is 0.216 e. The zero-order chi connectivity index (χ0) is 20.4. The van der Waals surface area contributed by atoms with E-state index in [1.165, 1.54) is 6.92 Å². The van der Waals surface area contributed by atoms with Crippen molar-refractivity contribution in [3.63, 3.8) is 0 Å². The molecule has 0 saturated carbocycles. The predicted octanol–water partition coefficient (Wildman–Crippen LogP) is -3.39. The van der Waals surface area contributed by atoms with E-state index < -0.39 is 67.8 Å². The third-order valence-electron chi connectivity index (χ3n) is 5.39. The molecule has 1 amide bonds. The molecule has 6 aliphatic rings. The van der Waals surface area contributed by atoms with Crippen LogP contribution in [-0.4, -0.2) is 112 Å². The lowest BCUT2D eigenvalue weighted by molar-refractivity contribution is -0.341. The van der Waals surface area contributed by atoms with Gasteiger partial charge in [-0.15, -0.1) is 0 Å². The Kier molecular flexibility index (Phi) is 7.23. The number of amides is 1. The van der Waals surface area contributed by atoms with Crippen LogP contribution in [0.15, 0.2) is 0 Å². The average molecular weight is 407 g/mol. The summed E-state index contributed by atoms with van der Waals surface area (Å²) >= 11 is 0. The van der Waals surface area contributed by atoms with Crippen LogP contribution in [0.1, 0.15) is 19.8 Å². The molecule has 0 spiro atoms. The van der Waals surface area contributed by atoms with E-state index in [9.17, 15) is 30.3 Å². The van der Waals surface area contributed by atoms with Gasteiger partial charge in [0.2, 0.25) is 5.91 Å². The Hall–Kier alpha value is -0.890. The van der Waals surface area contributed by atoms with E-state index in [0.29, 0.717) is 12.8 Å². The number of carbonyl (C=O) groups is 1. The molecule has 0 radical (unpaired) electrons. The van der Waals surface area contributed by atoms with Crippen LogP contribution < -0.4 is 5.32 Å². The molecule has 6 rings (SSSR count). The van der Waals surface area contributed by atoms with Gasteiger partial charge in [0.25, 0.3) is 0 Å². The average Bonchev–Trinajstić information content (AvgIpc) is 2.69. The van der Waals surface area contributed by atoms with Gasteiger partial charge in [-0.1, -0.05) is 0 Å². The van der Waals surface area contributed by atoms with Crippen molar-refractivity contribution in [2.24, 2.45) is 0 Å². The second kappa shape index (κ2) is 9.28. The van der Waals surface area contributed by atoms with Crippen LogP contribution in [-0.2, 0) is 23.7 Å². The number of nitrogens with one attached hydrogen (secondary N) is 1. The number of carbonyl (C=O) groups excluding carboxylic acids is 1. The minimum absolute atomic E-state index is 0.00814. The molecule has 6 aliphatic heterocycles. The van der Waals surface area contributed by atoms with Gasteiger partial charge >= 0.3 is 0 Å². The first kappa shape index (κ1) is 21.8. The summed E-state index contributed by atoms with van der Waals surface area (Å²) in [5, 5.41) is 54.0. The van der Waals surface area contributed by atoms with Crippen molar-refractivity contribution in [1.29, 1.82) is 0 Å². The highest BCUT2D eigenvalue weighted by Gasteiger charge is 2.51. The molecule has 10 atom stereocenters. The van der Waals surface area contributed by atoms with Crippen LogP contribution in [0.5, 0.6) is 0 Å². The highest BCUT2D eigenvalue weighted by molar-refractivity contribution is 5.72. The van der Waals surface area contributed by atoms with Gasteiger partial charge in [-0.3, -0.25) is 4.79 Å². The van der Waals surface area contributed by atoms with Crippen LogP contribution in [0.4, 0.5) is 0 Å². The summed E-state index contributed by atoms with van der Waals surface area (Å²) in [5.41, 5.74) is 0. The highest BCUT2D eigenvalue weighted by Crippen LogP contribution is 2.32. The van der Waals surface area contributed by atoms with Gasteiger partial charge in [-0.05, 0) is 12.8 Å². The Bertz CT molecular complexity index is 534. The monoisotopic (exact) mass is 407 g/mol. The first-order valence-electron chi connectivity index (χ1n) is 9.49. The standard InChI is InChI=1S/C17H29NO10/c1-7(20)18-5-9-16-12(22)11(21)8(26-9)3-2-4-25-15-10(6-19)27-17(28-16)14(24)13(15)23/h8-17,19,21-24H,2-6H2,1H3,(H,18,20)/t8-,9-,10-,11+,12-,13-,14-,15-,16-,17?/m1/s1. The van der Waals surface area contributed by atoms with E-state index in [1.54, 1.807) is 0 Å². The summed E-state index contributed by atoms with van der Waals surface area (Å²) in [6, 6.07) is 0. The number of aliphatic hydroxyl groups excluding tert-OH is 5. The summed E-state index contributed by atoms with van der Waals surface area (Å²) in [4.78, 5) is 11.3. The van der Waals surface area contributed by atoms with E-state index in [-0.39, 0.29) is 19.1 Å². The SMILES string of the molecule is CC(=O)NC[C@H]1O[C@@H]2CCCO[C@H]3[C@H](O)[C@@H](O)C(O[C@H]1[C@H](O)[C@H]2O)O[C@@H]3CO. The summed E-state index contributed by atoms with van der Waals surface area (Å²) in [6.07, 6.45) is -10.8. The molecular weight excluding hydrogens is 378 g/mol. The van der Waals surface area contributed by atoms with Gasteiger partial charge in [0, 0.05) is 20.1 Å². The second-order valence-electron chi connectivity index (χ2n) is 7.42. The third kappa shape index (κ3) is 4.48. The number of hydrogen-bond acceptors (Lipinski definition) is 10. The van der Waals surface area contributed by atoms with E-state index in [4.69, 9.17) is 18.9 Å². The molecule has 162 valence electrons. The van der Waals surface area contributed by atoms with Gasteiger partial charge < -0.3 is 49.8 Å². The third-order valence-corrected chi connectivity index (χ3v) is 5.39. The van der Waals surface area contributed by atoms with Gasteiger partial charge in [0.05, 0.1) is 12.7 Å². The Labute approximate surface area is 162 Å². The topological polar surface area (TPSA) is 167 Å². The van der Waals surface area contributed by atoms with E-state index >= 15 is 0 Å². The highest BCUT2D eigenvalue weighted by atomic mass is 16.7. The lowest BCUT2D eigenvalue weighted by Crippen LogP contribution is -2.65. The quantitative estimate of drug-likeness (QED) is 0.278. The molecule has 6 saturated heterocycles. The van der Waals surface area contributed by atoms with Gasteiger partial charge in [0.15, 0.2) is 6.29 Å². The Balaban J connectivity index is 1.88. The van der Waals surface area contributed by atoms with Gasteiger partial charge in [-0.25, -0.2) is 0 Å². The van der Waals surface area contributed by atoms with E-state index in [0.717, 1.165) is 0 Å². The molecule has 0 aliphatic carbocycles. The number of aliphatic hydroxyl groups is 5. The van der Waals surface area contributed by atoms with Crippen LogP contribution in [0.25, 0.3) is 0 Å². The molecule has 0 aromatic carbocycles. The van der Waals surface area contributed by atoms with Crippen molar-refractivity contribution < 1.29 is 49.3 Å². The van der Waals surface area contributed by atoms with E-state index in [1.807, 2.05) is 0 Å². The molecule has 1 unspecified atom stereocenters. The molecule has 0 aromatic heterocycles. The predicted molar refractivity (Wildman–Crippen MR) is 91.0 cm³/mol. The van der Waals surface area contributed by atoms with Crippen molar-refractivity contribution >= 4 is 5.91 Å². The fraction of sp³-hybridized carbons (Fsp3) is 0.941. The van der Waals surface area contributed by atoms with Crippen LogP contribution in [0, 0.1) is 0 Å². The zero-order valence-corrected chi connectivity index (χ0v) is 15.6. The van der Waals surface area contributed by atoms with Gasteiger partial charge in [0.1, 0.15) is 48.8 Å². The second-order valence-corrected chi connectivity index (χ2v) is 7.42. The summed E-state index contributed by atoms with van der Waals surface area (Å²) < 4.78 is 22.7. The first-order valence-corrected chi connectivity index (χ1v) is 9.49. The Morgan fingerprint density at radius 1 is 0.964 bits per heavy atom. The molecule has 11 heteroatoms. The lowest BCUT2D eigenvalue weighted by atomic mass is 9.92. The summed E-state index contributed by atoms with van der Waals surface area (Å²) in [7, 11) is 0. The molecule has 6 N–H and O–H groups in total. The molecule has 11 nitrogen and oxygen atoms in total. The van der Waals surface area contributed by atoms with Crippen molar-refractivity contribution in [1.82, 2.24) is 5.32 Å². The fourth-order valence-electron chi connectivity index (χ4n) is 3.86. The van der Waals surface area contributed by atoms with Crippen LogP contribution >= 0.6 is 0 Å². The minimum atomic E-state index is -1.52. The van der Waals surface area contributed by atoms with Crippen molar-refractivity contribution in [3.8, 4) is 0 Å². The zero-order valence-electron chi connectivity index (χ0n) is 15.6. The molecule has 4 bridgehead atoms. The van der Waals surface area contributed by atoms with Crippen molar-refractivity contribution in [2.75, 3.05) is 19.8 Å². The number of ether oxygens (including phenoxy) is 4. The lowest BCUT2D eigenvalue weighted by Gasteiger charge is -2.46.